The van der Waals surface area contributed by atoms with Gasteiger partial charge in [-0.2, -0.15) is 5.10 Å². The Labute approximate surface area is 96.0 Å². The molecule has 1 aromatic rings. The number of rotatable bonds is 9. The van der Waals surface area contributed by atoms with Crippen molar-refractivity contribution in [1.82, 2.24) is 20.1 Å². The van der Waals surface area contributed by atoms with Gasteiger partial charge in [-0.25, -0.2) is 9.67 Å². The van der Waals surface area contributed by atoms with Gasteiger partial charge >= 0.3 is 0 Å². The fraction of sp³-hybridized carbons (Fsp3) is 0.800. The van der Waals surface area contributed by atoms with Gasteiger partial charge in [0.1, 0.15) is 12.2 Å². The molecule has 1 heterocycles. The summed E-state index contributed by atoms with van der Waals surface area (Å²) in [4.78, 5) is 4.20. The van der Waals surface area contributed by atoms with Crippen LogP contribution in [0, 0.1) is 0 Å². The molecule has 0 unspecified atom stereocenters. The second kappa shape index (κ2) is 8.20. The molecule has 92 valence electrons. The quantitative estimate of drug-likeness (QED) is 0.605. The second-order valence-corrected chi connectivity index (χ2v) is 3.42. The van der Waals surface area contributed by atoms with Crippen LogP contribution < -0.4 is 5.32 Å². The van der Waals surface area contributed by atoms with E-state index in [-0.39, 0.29) is 0 Å². The van der Waals surface area contributed by atoms with E-state index in [0.29, 0.717) is 6.61 Å². The molecule has 6 heteroatoms. The van der Waals surface area contributed by atoms with Gasteiger partial charge < -0.3 is 14.8 Å². The van der Waals surface area contributed by atoms with E-state index in [1.54, 1.807) is 20.5 Å². The molecule has 16 heavy (non-hydrogen) atoms. The lowest BCUT2D eigenvalue weighted by Gasteiger charge is -2.06. The molecule has 0 radical (unpaired) electrons. The highest BCUT2D eigenvalue weighted by Crippen LogP contribution is 1.96. The Hall–Kier alpha value is -0.980. The normalized spacial score (nSPS) is 10.9. The third kappa shape index (κ3) is 4.69. The van der Waals surface area contributed by atoms with E-state index in [2.05, 4.69) is 15.4 Å². The first-order chi connectivity index (χ1) is 7.88. The van der Waals surface area contributed by atoms with Gasteiger partial charge in [-0.3, -0.25) is 0 Å². The van der Waals surface area contributed by atoms with Crippen molar-refractivity contribution in [2.75, 3.05) is 34.0 Å². The lowest BCUT2D eigenvalue weighted by atomic mass is 10.4. The summed E-state index contributed by atoms with van der Waals surface area (Å²) in [5.74, 6) is 0.951. The Kier molecular flexibility index (Phi) is 6.71. The Bertz CT molecular complexity index is 278. The Morgan fingerprint density at radius 1 is 1.31 bits per heavy atom. The average Bonchev–Trinajstić information content (AvgIpc) is 2.73. The molecule has 0 bridgehead atoms. The van der Waals surface area contributed by atoms with Crippen LogP contribution in [0.25, 0.3) is 0 Å². The summed E-state index contributed by atoms with van der Waals surface area (Å²) < 4.78 is 11.9. The summed E-state index contributed by atoms with van der Waals surface area (Å²) in [5, 5.41) is 7.41. The zero-order valence-electron chi connectivity index (χ0n) is 9.98. The van der Waals surface area contributed by atoms with Crippen LogP contribution >= 0.6 is 0 Å². The van der Waals surface area contributed by atoms with E-state index < -0.39 is 0 Å². The molecule has 0 amide bonds. The number of methoxy groups -OCH3 is 2. The molecule has 0 aliphatic rings. The predicted molar refractivity (Wildman–Crippen MR) is 60.1 cm³/mol. The van der Waals surface area contributed by atoms with Gasteiger partial charge in [0.2, 0.25) is 0 Å². The lowest BCUT2D eigenvalue weighted by molar-refractivity contribution is 0.188. The van der Waals surface area contributed by atoms with Gasteiger partial charge in [-0.15, -0.1) is 0 Å². The lowest BCUT2D eigenvalue weighted by Crippen LogP contribution is -2.21. The van der Waals surface area contributed by atoms with E-state index in [4.69, 9.17) is 9.47 Å². The molecule has 0 saturated carbocycles. The Balaban J connectivity index is 2.26. The molecular formula is C10H20N4O2. The van der Waals surface area contributed by atoms with E-state index in [1.807, 2.05) is 4.68 Å². The highest BCUT2D eigenvalue weighted by atomic mass is 16.5. The van der Waals surface area contributed by atoms with Crippen molar-refractivity contribution in [1.29, 1.82) is 0 Å². The van der Waals surface area contributed by atoms with Gasteiger partial charge in [0.15, 0.2) is 0 Å². The van der Waals surface area contributed by atoms with Crippen LogP contribution in [-0.2, 0) is 22.6 Å². The van der Waals surface area contributed by atoms with E-state index >= 15 is 0 Å². The van der Waals surface area contributed by atoms with E-state index in [1.165, 1.54) is 0 Å². The van der Waals surface area contributed by atoms with Crippen LogP contribution in [-0.4, -0.2) is 48.7 Å². The first-order valence-corrected chi connectivity index (χ1v) is 5.43. The molecule has 0 atom stereocenters. The molecule has 0 aliphatic heterocycles. The third-order valence-electron chi connectivity index (χ3n) is 2.18. The minimum atomic E-state index is 0.706. The zero-order valence-corrected chi connectivity index (χ0v) is 9.98. The van der Waals surface area contributed by atoms with Gasteiger partial charge in [0, 0.05) is 33.9 Å². The van der Waals surface area contributed by atoms with Crippen LogP contribution in [0.3, 0.4) is 0 Å². The standard InChI is InChI=1S/C10H20N4O2/c1-15-6-3-5-14-10(12-9-13-14)8-11-4-7-16-2/h9,11H,3-8H2,1-2H3. The number of aromatic nitrogens is 3. The number of nitrogens with one attached hydrogen (secondary N) is 1. The van der Waals surface area contributed by atoms with Crippen molar-refractivity contribution < 1.29 is 9.47 Å². The minimum absolute atomic E-state index is 0.706. The molecule has 0 aromatic carbocycles. The van der Waals surface area contributed by atoms with Gasteiger partial charge in [0.05, 0.1) is 13.2 Å². The first kappa shape index (κ1) is 13.1. The molecule has 1 rings (SSSR count). The first-order valence-electron chi connectivity index (χ1n) is 5.43. The monoisotopic (exact) mass is 228 g/mol. The van der Waals surface area contributed by atoms with Crippen LogP contribution in [0.1, 0.15) is 12.2 Å². The average molecular weight is 228 g/mol. The van der Waals surface area contributed by atoms with Crippen molar-refractivity contribution in [3.63, 3.8) is 0 Å². The van der Waals surface area contributed by atoms with Crippen molar-refractivity contribution in [3.05, 3.63) is 12.2 Å². The highest BCUT2D eigenvalue weighted by molar-refractivity contribution is 4.83. The van der Waals surface area contributed by atoms with Crippen molar-refractivity contribution in [2.24, 2.45) is 0 Å². The zero-order chi connectivity index (χ0) is 11.6. The fourth-order valence-electron chi connectivity index (χ4n) is 1.34. The summed E-state index contributed by atoms with van der Waals surface area (Å²) in [7, 11) is 3.39. The van der Waals surface area contributed by atoms with Crippen molar-refractivity contribution >= 4 is 0 Å². The molecule has 0 spiro atoms. The van der Waals surface area contributed by atoms with Gasteiger partial charge in [0.25, 0.3) is 0 Å². The molecular weight excluding hydrogens is 208 g/mol. The summed E-state index contributed by atoms with van der Waals surface area (Å²) in [6.45, 7) is 3.83. The third-order valence-corrected chi connectivity index (χ3v) is 2.18. The van der Waals surface area contributed by atoms with Crippen LogP contribution in [0.2, 0.25) is 0 Å². The minimum Gasteiger partial charge on any atom is -0.385 e. The summed E-state index contributed by atoms with van der Waals surface area (Å²) in [6, 6.07) is 0. The number of ether oxygens (including phenoxy) is 2. The Morgan fingerprint density at radius 3 is 2.88 bits per heavy atom. The Morgan fingerprint density at radius 2 is 2.12 bits per heavy atom. The van der Waals surface area contributed by atoms with Crippen LogP contribution in [0.5, 0.6) is 0 Å². The molecule has 0 fully saturated rings. The smallest absolute Gasteiger partial charge is 0.140 e. The molecule has 0 aliphatic carbocycles. The number of aryl methyl sites for hydroxylation is 1. The second-order valence-electron chi connectivity index (χ2n) is 3.42. The van der Waals surface area contributed by atoms with Crippen LogP contribution in [0.15, 0.2) is 6.33 Å². The summed E-state index contributed by atoms with van der Waals surface area (Å²) in [6.07, 6.45) is 2.53. The number of hydrogen-bond acceptors (Lipinski definition) is 5. The predicted octanol–water partition coefficient (Wildman–Crippen LogP) is 0.0506. The fourth-order valence-corrected chi connectivity index (χ4v) is 1.34. The van der Waals surface area contributed by atoms with E-state index in [0.717, 1.165) is 38.5 Å². The maximum Gasteiger partial charge on any atom is 0.140 e. The van der Waals surface area contributed by atoms with E-state index in [9.17, 15) is 0 Å². The van der Waals surface area contributed by atoms with Crippen molar-refractivity contribution in [2.45, 2.75) is 19.5 Å². The molecule has 6 nitrogen and oxygen atoms in total. The molecule has 0 saturated heterocycles. The molecule has 1 aromatic heterocycles. The largest absolute Gasteiger partial charge is 0.385 e. The maximum absolute atomic E-state index is 5.00. The maximum atomic E-state index is 5.00. The SMILES string of the molecule is COCCCn1ncnc1CNCCOC. The number of nitrogens with zero attached hydrogens (tertiary/aromatic N) is 3. The van der Waals surface area contributed by atoms with Crippen LogP contribution in [0.4, 0.5) is 0 Å². The highest BCUT2D eigenvalue weighted by Gasteiger charge is 2.02. The van der Waals surface area contributed by atoms with Gasteiger partial charge in [-0.1, -0.05) is 0 Å². The van der Waals surface area contributed by atoms with Gasteiger partial charge in [-0.05, 0) is 6.42 Å². The molecule has 1 N–H and O–H groups in total. The van der Waals surface area contributed by atoms with Crippen molar-refractivity contribution in [3.8, 4) is 0 Å². The number of hydrogen-bond donors (Lipinski definition) is 1. The topological polar surface area (TPSA) is 61.2 Å². The summed E-state index contributed by atoms with van der Waals surface area (Å²) >= 11 is 0. The summed E-state index contributed by atoms with van der Waals surface area (Å²) in [5.41, 5.74) is 0.